The Morgan fingerprint density at radius 1 is 1.29 bits per heavy atom. The molecule has 1 fully saturated rings. The second-order valence-electron chi connectivity index (χ2n) is 4.53. The van der Waals surface area contributed by atoms with Gasteiger partial charge < -0.3 is 5.11 Å². The largest absolute Gasteiger partial charge is 0.396 e. The van der Waals surface area contributed by atoms with Gasteiger partial charge in [-0.15, -0.1) is 0 Å². The zero-order chi connectivity index (χ0) is 12.7. The summed E-state index contributed by atoms with van der Waals surface area (Å²) in [6, 6.07) is 0.0953. The fourth-order valence-corrected chi connectivity index (χ4v) is 4.67. The van der Waals surface area contributed by atoms with Crippen LogP contribution in [-0.2, 0) is 10.0 Å². The van der Waals surface area contributed by atoms with Crippen molar-refractivity contribution in [2.45, 2.75) is 49.8 Å². The summed E-state index contributed by atoms with van der Waals surface area (Å²) in [5, 5.41) is 9.06. The highest BCUT2D eigenvalue weighted by molar-refractivity contribution is 7.99. The molecule has 0 radical (unpaired) electrons. The molecule has 0 bridgehead atoms. The van der Waals surface area contributed by atoms with Gasteiger partial charge in [0, 0.05) is 17.9 Å². The number of rotatable bonds is 7. The van der Waals surface area contributed by atoms with E-state index in [1.165, 1.54) is 6.42 Å². The Morgan fingerprint density at radius 3 is 2.65 bits per heavy atom. The van der Waals surface area contributed by atoms with Gasteiger partial charge in [-0.1, -0.05) is 12.8 Å². The van der Waals surface area contributed by atoms with Crippen molar-refractivity contribution in [2.75, 3.05) is 18.6 Å². The maximum absolute atomic E-state index is 11.8. The minimum atomic E-state index is -3.17. The summed E-state index contributed by atoms with van der Waals surface area (Å²) in [6.45, 7) is 0.0619. The number of hydrogen-bond acceptors (Lipinski definition) is 4. The first-order chi connectivity index (χ1) is 8.09. The minimum absolute atomic E-state index is 0.0619. The van der Waals surface area contributed by atoms with Crippen LogP contribution >= 0.6 is 11.8 Å². The number of aliphatic hydroxyl groups excluding tert-OH is 1. The maximum Gasteiger partial charge on any atom is 0.211 e. The van der Waals surface area contributed by atoms with E-state index in [1.54, 1.807) is 11.8 Å². The Morgan fingerprint density at radius 2 is 2.00 bits per heavy atom. The molecule has 0 aliphatic heterocycles. The molecule has 6 heteroatoms. The van der Waals surface area contributed by atoms with Crippen LogP contribution in [0.4, 0.5) is 0 Å². The van der Waals surface area contributed by atoms with Crippen molar-refractivity contribution >= 4 is 21.8 Å². The van der Waals surface area contributed by atoms with Gasteiger partial charge in [-0.2, -0.15) is 11.8 Å². The lowest BCUT2D eigenvalue weighted by atomic mass is 9.96. The van der Waals surface area contributed by atoms with E-state index in [-0.39, 0.29) is 18.4 Å². The molecular weight excluding hydrogens is 258 g/mol. The molecular formula is C11H23NO3S2. The minimum Gasteiger partial charge on any atom is -0.396 e. The second kappa shape index (κ2) is 7.61. The van der Waals surface area contributed by atoms with E-state index in [0.29, 0.717) is 18.1 Å². The van der Waals surface area contributed by atoms with Crippen molar-refractivity contribution in [1.82, 2.24) is 4.72 Å². The van der Waals surface area contributed by atoms with Crippen LogP contribution in [0.5, 0.6) is 0 Å². The van der Waals surface area contributed by atoms with Gasteiger partial charge in [0.25, 0.3) is 0 Å². The van der Waals surface area contributed by atoms with Gasteiger partial charge in [0.15, 0.2) is 0 Å². The highest BCUT2D eigenvalue weighted by Gasteiger charge is 2.27. The quantitative estimate of drug-likeness (QED) is 0.691. The molecule has 4 nitrogen and oxygen atoms in total. The van der Waals surface area contributed by atoms with Gasteiger partial charge in [-0.05, 0) is 31.9 Å². The Hall–Kier alpha value is 0.220. The van der Waals surface area contributed by atoms with Crippen LogP contribution in [0, 0.1) is 0 Å². The number of unbranched alkanes of at least 4 members (excludes halogenated alkanes) is 1. The molecule has 17 heavy (non-hydrogen) atoms. The highest BCUT2D eigenvalue weighted by atomic mass is 32.2. The van der Waals surface area contributed by atoms with Gasteiger partial charge in [0.1, 0.15) is 0 Å². The van der Waals surface area contributed by atoms with Crippen LogP contribution in [-0.4, -0.2) is 43.4 Å². The Labute approximate surface area is 109 Å². The molecule has 2 N–H and O–H groups in total. The van der Waals surface area contributed by atoms with Crippen molar-refractivity contribution < 1.29 is 13.5 Å². The van der Waals surface area contributed by atoms with Crippen molar-refractivity contribution in [3.63, 3.8) is 0 Å². The standard InChI is InChI=1S/C11H23NO3S2/c1-16-11-7-3-2-6-10(11)12-17(14,15)9-5-4-8-13/h10-13H,2-9H2,1H3. The first-order valence-corrected chi connectivity index (χ1v) is 9.16. The fourth-order valence-electron chi connectivity index (χ4n) is 2.21. The number of sulfonamides is 1. The van der Waals surface area contributed by atoms with E-state index in [2.05, 4.69) is 4.72 Å². The van der Waals surface area contributed by atoms with Gasteiger partial charge >= 0.3 is 0 Å². The van der Waals surface area contributed by atoms with Crippen LogP contribution in [0.25, 0.3) is 0 Å². The Bertz CT molecular complexity index is 306. The smallest absolute Gasteiger partial charge is 0.211 e. The van der Waals surface area contributed by atoms with E-state index >= 15 is 0 Å². The molecule has 0 amide bonds. The van der Waals surface area contributed by atoms with Crippen LogP contribution in [0.15, 0.2) is 0 Å². The molecule has 1 saturated carbocycles. The third kappa shape index (κ3) is 5.59. The van der Waals surface area contributed by atoms with Gasteiger partial charge in [0.05, 0.1) is 5.75 Å². The Balaban J connectivity index is 2.44. The highest BCUT2D eigenvalue weighted by Crippen LogP contribution is 2.27. The molecule has 0 spiro atoms. The molecule has 0 aromatic heterocycles. The van der Waals surface area contributed by atoms with E-state index in [0.717, 1.165) is 19.3 Å². The summed E-state index contributed by atoms with van der Waals surface area (Å²) in [5.41, 5.74) is 0. The first-order valence-electron chi connectivity index (χ1n) is 6.22. The van der Waals surface area contributed by atoms with E-state index < -0.39 is 10.0 Å². The number of hydrogen-bond donors (Lipinski definition) is 2. The number of aliphatic hydroxyl groups is 1. The molecule has 0 aromatic rings. The summed E-state index contributed by atoms with van der Waals surface area (Å²) < 4.78 is 26.5. The van der Waals surface area contributed by atoms with Crippen molar-refractivity contribution in [3.05, 3.63) is 0 Å². The lowest BCUT2D eigenvalue weighted by Gasteiger charge is -2.30. The van der Waals surface area contributed by atoms with Crippen LogP contribution in [0.3, 0.4) is 0 Å². The lowest BCUT2D eigenvalue weighted by molar-refractivity contribution is 0.287. The summed E-state index contributed by atoms with van der Waals surface area (Å²) >= 11 is 1.76. The fraction of sp³-hybridized carbons (Fsp3) is 1.00. The molecule has 102 valence electrons. The molecule has 0 heterocycles. The van der Waals surface area contributed by atoms with Crippen molar-refractivity contribution in [3.8, 4) is 0 Å². The summed E-state index contributed by atoms with van der Waals surface area (Å²) in [4.78, 5) is 0. The van der Waals surface area contributed by atoms with E-state index in [9.17, 15) is 8.42 Å². The molecule has 1 rings (SSSR count). The molecule has 0 saturated heterocycles. The van der Waals surface area contributed by atoms with Crippen molar-refractivity contribution in [1.29, 1.82) is 0 Å². The molecule has 2 unspecified atom stereocenters. The van der Waals surface area contributed by atoms with Gasteiger partial charge in [-0.25, -0.2) is 13.1 Å². The van der Waals surface area contributed by atoms with Gasteiger partial charge in [-0.3, -0.25) is 0 Å². The Kier molecular flexibility index (Phi) is 6.84. The zero-order valence-corrected chi connectivity index (χ0v) is 12.0. The molecule has 2 atom stereocenters. The van der Waals surface area contributed by atoms with E-state index in [4.69, 9.17) is 5.11 Å². The molecule has 1 aliphatic carbocycles. The average Bonchev–Trinajstić information content (AvgIpc) is 2.29. The zero-order valence-electron chi connectivity index (χ0n) is 10.4. The second-order valence-corrected chi connectivity index (χ2v) is 7.48. The average molecular weight is 281 g/mol. The monoisotopic (exact) mass is 281 g/mol. The van der Waals surface area contributed by atoms with Gasteiger partial charge in [0.2, 0.25) is 10.0 Å². The molecule has 0 aromatic carbocycles. The number of nitrogens with one attached hydrogen (secondary N) is 1. The predicted octanol–water partition coefficient (Wildman–Crippen LogP) is 1.35. The topological polar surface area (TPSA) is 66.4 Å². The van der Waals surface area contributed by atoms with Crippen molar-refractivity contribution in [2.24, 2.45) is 0 Å². The van der Waals surface area contributed by atoms with Crippen LogP contribution < -0.4 is 4.72 Å². The number of thioether (sulfide) groups is 1. The predicted molar refractivity (Wildman–Crippen MR) is 72.8 cm³/mol. The normalized spacial score (nSPS) is 26.0. The van der Waals surface area contributed by atoms with Crippen LogP contribution in [0.2, 0.25) is 0 Å². The summed E-state index contributed by atoms with van der Waals surface area (Å²) in [7, 11) is -3.17. The first kappa shape index (κ1) is 15.3. The SMILES string of the molecule is CSC1CCCCC1NS(=O)(=O)CCCCO. The summed E-state index contributed by atoms with van der Waals surface area (Å²) in [5.74, 6) is 0.130. The molecule has 1 aliphatic rings. The third-order valence-electron chi connectivity index (χ3n) is 3.16. The van der Waals surface area contributed by atoms with E-state index in [1.807, 2.05) is 6.26 Å². The lowest BCUT2D eigenvalue weighted by Crippen LogP contribution is -2.44. The van der Waals surface area contributed by atoms with Crippen LogP contribution in [0.1, 0.15) is 38.5 Å². The maximum atomic E-state index is 11.8. The third-order valence-corrected chi connectivity index (χ3v) is 5.82. The summed E-state index contributed by atoms with van der Waals surface area (Å²) in [6.07, 6.45) is 7.49.